The fourth-order valence-electron chi connectivity index (χ4n) is 3.77. The van der Waals surface area contributed by atoms with Crippen LogP contribution in [0.15, 0.2) is 30.2 Å². The lowest BCUT2D eigenvalue weighted by Crippen LogP contribution is -2.20. The van der Waals surface area contributed by atoms with E-state index < -0.39 is 0 Å². The number of rotatable bonds is 5. The van der Waals surface area contributed by atoms with Crippen LogP contribution in [0.2, 0.25) is 0 Å². The second-order valence-electron chi connectivity index (χ2n) is 7.45. The zero-order valence-corrected chi connectivity index (χ0v) is 18.0. The quantitative estimate of drug-likeness (QED) is 0.516. The molecule has 1 fully saturated rings. The summed E-state index contributed by atoms with van der Waals surface area (Å²) in [6.07, 6.45) is 6.07. The van der Waals surface area contributed by atoms with Crippen molar-refractivity contribution >= 4 is 39.3 Å². The summed E-state index contributed by atoms with van der Waals surface area (Å²) in [6.45, 7) is 6.15. The van der Waals surface area contributed by atoms with Gasteiger partial charge in [0.2, 0.25) is 5.95 Å². The summed E-state index contributed by atoms with van der Waals surface area (Å²) in [5.41, 5.74) is 6.00. The summed E-state index contributed by atoms with van der Waals surface area (Å²) in [5.74, 6) is 2.99. The van der Waals surface area contributed by atoms with Crippen LogP contribution in [0, 0.1) is 13.8 Å². The van der Waals surface area contributed by atoms with Crippen LogP contribution in [-0.2, 0) is 0 Å². The first kappa shape index (κ1) is 18.8. The van der Waals surface area contributed by atoms with Gasteiger partial charge in [-0.25, -0.2) is 9.97 Å². The van der Waals surface area contributed by atoms with E-state index in [2.05, 4.69) is 45.1 Å². The molecule has 0 unspecified atom stereocenters. The van der Waals surface area contributed by atoms with Crippen LogP contribution in [0.4, 0.5) is 17.6 Å². The third kappa shape index (κ3) is 3.35. The molecule has 5 rings (SSSR count). The Labute approximate surface area is 178 Å². The fraction of sp³-hybridized carbons (Fsp3) is 0.333. The highest BCUT2D eigenvalue weighted by Crippen LogP contribution is 2.30. The molecule has 1 N–H and O–H groups in total. The Balaban J connectivity index is 1.46. The standard InChI is InChI=1S/C21H23N7OS/c1-13-8-15(9-16(29-3)14(13)2)28-10-17(22-11-28)24-21-25-19(27-6-4-5-7-27)18-20(26-21)30-12-23-18/h8-12H,4-7H2,1-3H3,(H,24,25,26). The fourth-order valence-corrected chi connectivity index (χ4v) is 4.42. The van der Waals surface area contributed by atoms with E-state index >= 15 is 0 Å². The number of benzene rings is 1. The van der Waals surface area contributed by atoms with Gasteiger partial charge >= 0.3 is 0 Å². The lowest BCUT2D eigenvalue weighted by atomic mass is 10.1. The van der Waals surface area contributed by atoms with Crippen molar-refractivity contribution in [2.45, 2.75) is 26.7 Å². The second-order valence-corrected chi connectivity index (χ2v) is 8.29. The minimum atomic E-state index is 0.538. The monoisotopic (exact) mass is 421 g/mol. The number of ether oxygens (including phenoxy) is 1. The summed E-state index contributed by atoms with van der Waals surface area (Å²) in [5, 5.41) is 3.26. The maximum absolute atomic E-state index is 5.51. The third-order valence-electron chi connectivity index (χ3n) is 5.53. The highest BCUT2D eigenvalue weighted by molar-refractivity contribution is 7.16. The Morgan fingerprint density at radius 3 is 2.73 bits per heavy atom. The van der Waals surface area contributed by atoms with Gasteiger partial charge in [0, 0.05) is 19.2 Å². The van der Waals surface area contributed by atoms with E-state index in [-0.39, 0.29) is 0 Å². The second kappa shape index (κ2) is 7.56. The molecule has 0 saturated carbocycles. The Hall–Kier alpha value is -3.20. The average Bonchev–Trinajstić information content (AvgIpc) is 3.51. The maximum Gasteiger partial charge on any atom is 0.231 e. The van der Waals surface area contributed by atoms with Gasteiger partial charge in [-0.1, -0.05) is 0 Å². The van der Waals surface area contributed by atoms with Crippen molar-refractivity contribution in [2.75, 3.05) is 30.4 Å². The van der Waals surface area contributed by atoms with Gasteiger partial charge in [-0.3, -0.25) is 0 Å². The van der Waals surface area contributed by atoms with Gasteiger partial charge in [0.1, 0.15) is 17.6 Å². The van der Waals surface area contributed by atoms with Crippen molar-refractivity contribution in [1.82, 2.24) is 24.5 Å². The first-order chi connectivity index (χ1) is 14.6. The summed E-state index contributed by atoms with van der Waals surface area (Å²) >= 11 is 1.53. The molecule has 0 spiro atoms. The van der Waals surface area contributed by atoms with Crippen molar-refractivity contribution in [3.63, 3.8) is 0 Å². The number of anilines is 3. The van der Waals surface area contributed by atoms with Gasteiger partial charge in [0.25, 0.3) is 0 Å². The topological polar surface area (TPSA) is 81.0 Å². The molecular weight excluding hydrogens is 398 g/mol. The number of methoxy groups -OCH3 is 1. The Bertz CT molecular complexity index is 1210. The van der Waals surface area contributed by atoms with Gasteiger partial charge in [-0.05, 0) is 43.9 Å². The Morgan fingerprint density at radius 1 is 1.10 bits per heavy atom. The predicted octanol–water partition coefficient (Wildman–Crippen LogP) is 4.24. The summed E-state index contributed by atoms with van der Waals surface area (Å²) in [6, 6.07) is 4.13. The minimum Gasteiger partial charge on any atom is -0.496 e. The Kier molecular flexibility index (Phi) is 4.74. The van der Waals surface area contributed by atoms with Crippen LogP contribution in [0.25, 0.3) is 16.0 Å². The van der Waals surface area contributed by atoms with Gasteiger partial charge < -0.3 is 19.5 Å². The lowest BCUT2D eigenvalue weighted by molar-refractivity contribution is 0.411. The number of hydrogen-bond donors (Lipinski definition) is 1. The van der Waals surface area contributed by atoms with Crippen molar-refractivity contribution < 1.29 is 4.74 Å². The molecule has 0 aliphatic carbocycles. The lowest BCUT2D eigenvalue weighted by Gasteiger charge is -2.17. The van der Waals surface area contributed by atoms with Gasteiger partial charge in [0.15, 0.2) is 16.5 Å². The van der Waals surface area contributed by atoms with Crippen LogP contribution in [0.5, 0.6) is 5.75 Å². The molecule has 0 bridgehead atoms. The maximum atomic E-state index is 5.51. The number of thiazole rings is 1. The molecule has 9 heteroatoms. The number of imidazole rings is 1. The zero-order chi connectivity index (χ0) is 20.7. The summed E-state index contributed by atoms with van der Waals surface area (Å²) in [7, 11) is 1.69. The van der Waals surface area contributed by atoms with Gasteiger partial charge in [0.05, 0.1) is 24.5 Å². The van der Waals surface area contributed by atoms with Crippen LogP contribution in [0.1, 0.15) is 24.0 Å². The average molecular weight is 422 g/mol. The summed E-state index contributed by atoms with van der Waals surface area (Å²) < 4.78 is 7.47. The molecule has 4 heterocycles. The number of nitrogens with one attached hydrogen (secondary N) is 1. The molecule has 30 heavy (non-hydrogen) atoms. The number of nitrogens with zero attached hydrogens (tertiary/aromatic N) is 6. The molecule has 8 nitrogen and oxygen atoms in total. The van der Waals surface area contributed by atoms with E-state index in [1.165, 1.54) is 29.7 Å². The van der Waals surface area contributed by atoms with E-state index in [9.17, 15) is 0 Å². The van der Waals surface area contributed by atoms with Crippen LogP contribution < -0.4 is 15.0 Å². The first-order valence-corrected chi connectivity index (χ1v) is 10.8. The number of hydrogen-bond acceptors (Lipinski definition) is 8. The first-order valence-electron chi connectivity index (χ1n) is 9.95. The van der Waals surface area contributed by atoms with Crippen LogP contribution >= 0.6 is 11.3 Å². The molecule has 4 aromatic rings. The molecule has 0 radical (unpaired) electrons. The molecule has 3 aromatic heterocycles. The third-order valence-corrected chi connectivity index (χ3v) is 6.25. The minimum absolute atomic E-state index is 0.538. The number of fused-ring (bicyclic) bond motifs is 1. The molecule has 0 atom stereocenters. The zero-order valence-electron chi connectivity index (χ0n) is 17.2. The van der Waals surface area contributed by atoms with E-state index in [4.69, 9.17) is 9.72 Å². The molecule has 1 aromatic carbocycles. The predicted molar refractivity (Wildman–Crippen MR) is 120 cm³/mol. The number of aromatic nitrogens is 5. The smallest absolute Gasteiger partial charge is 0.231 e. The van der Waals surface area contributed by atoms with Crippen molar-refractivity contribution in [3.8, 4) is 11.4 Å². The van der Waals surface area contributed by atoms with E-state index in [1.54, 1.807) is 13.4 Å². The number of aryl methyl sites for hydroxylation is 1. The highest BCUT2D eigenvalue weighted by Gasteiger charge is 2.20. The van der Waals surface area contributed by atoms with Gasteiger partial charge in [-0.2, -0.15) is 9.97 Å². The normalized spacial score (nSPS) is 13.9. The van der Waals surface area contributed by atoms with Crippen molar-refractivity contribution in [1.29, 1.82) is 0 Å². The molecule has 154 valence electrons. The molecule has 1 aliphatic rings. The van der Waals surface area contributed by atoms with Crippen LogP contribution in [0.3, 0.4) is 0 Å². The van der Waals surface area contributed by atoms with Gasteiger partial charge in [-0.15, -0.1) is 11.3 Å². The molecular formula is C21H23N7OS. The van der Waals surface area contributed by atoms with E-state index in [1.807, 2.05) is 22.3 Å². The molecule has 0 amide bonds. The van der Waals surface area contributed by atoms with Crippen molar-refractivity contribution in [3.05, 3.63) is 41.3 Å². The van der Waals surface area contributed by atoms with Crippen molar-refractivity contribution in [2.24, 2.45) is 0 Å². The van der Waals surface area contributed by atoms with E-state index in [0.717, 1.165) is 46.3 Å². The molecule has 1 aliphatic heterocycles. The largest absolute Gasteiger partial charge is 0.496 e. The van der Waals surface area contributed by atoms with Crippen LogP contribution in [-0.4, -0.2) is 44.7 Å². The Morgan fingerprint density at radius 2 is 1.93 bits per heavy atom. The SMILES string of the molecule is COc1cc(-n2cnc(Nc3nc(N4CCCC4)c4ncsc4n3)c2)cc(C)c1C. The van der Waals surface area contributed by atoms with E-state index in [0.29, 0.717) is 11.8 Å². The summed E-state index contributed by atoms with van der Waals surface area (Å²) in [4.78, 5) is 21.5. The molecule has 1 saturated heterocycles. The highest BCUT2D eigenvalue weighted by atomic mass is 32.1.